The summed E-state index contributed by atoms with van der Waals surface area (Å²) in [5, 5.41) is 24.2. The SMILES string of the molecule is Nc1nc2c(ncn2[C@@H]2O[C@H](CO[P+](=O)O)[C@@H](NP(=O)(O)OC[C@H]3O[C@@H](n4cnc5c(N)ncnc54)[C@H](O)[C@@H]3N)[C@H]2O)c(=O)[nH]1. The van der Waals surface area contributed by atoms with Crippen LogP contribution in [0.3, 0.4) is 0 Å². The molecule has 0 aliphatic carbocycles. The molecule has 2 aliphatic heterocycles. The van der Waals surface area contributed by atoms with Crippen LogP contribution in [0.15, 0.2) is 23.8 Å². The molecule has 242 valence electrons. The first kappa shape index (κ1) is 31.4. The van der Waals surface area contributed by atoms with Crippen molar-refractivity contribution in [3.8, 4) is 0 Å². The second kappa shape index (κ2) is 12.0. The van der Waals surface area contributed by atoms with E-state index in [4.69, 9.17) is 40.6 Å². The lowest BCUT2D eigenvalue weighted by molar-refractivity contribution is -0.0473. The third-order valence-corrected chi connectivity index (χ3v) is 8.76. The average molecular weight is 673 g/mol. The summed E-state index contributed by atoms with van der Waals surface area (Å²) < 4.78 is 48.5. The van der Waals surface area contributed by atoms with Crippen LogP contribution in [0.2, 0.25) is 0 Å². The van der Waals surface area contributed by atoms with Crippen LogP contribution in [0.5, 0.6) is 0 Å². The van der Waals surface area contributed by atoms with E-state index in [2.05, 4.69) is 35.0 Å². The molecule has 0 aromatic carbocycles. The Morgan fingerprint density at radius 3 is 2.42 bits per heavy atom. The van der Waals surface area contributed by atoms with E-state index in [1.165, 1.54) is 17.2 Å². The van der Waals surface area contributed by atoms with Gasteiger partial charge in [-0.05, 0) is 0 Å². The maximum Gasteiger partial charge on any atom is 0.694 e. The van der Waals surface area contributed by atoms with E-state index in [0.29, 0.717) is 0 Å². The molecule has 10 atom stereocenters. The first-order valence-electron chi connectivity index (χ1n) is 13.0. The van der Waals surface area contributed by atoms with Gasteiger partial charge >= 0.3 is 16.0 Å². The van der Waals surface area contributed by atoms with E-state index in [9.17, 15) is 29.0 Å². The molecule has 12 N–H and O–H groups in total. The zero-order chi connectivity index (χ0) is 32.2. The number of ether oxygens (including phenoxy) is 2. The molecule has 4 aromatic heterocycles. The summed E-state index contributed by atoms with van der Waals surface area (Å²) in [4.78, 5) is 54.3. The summed E-state index contributed by atoms with van der Waals surface area (Å²) in [5.74, 6) is -0.145. The molecule has 2 aliphatic rings. The van der Waals surface area contributed by atoms with Crippen molar-refractivity contribution >= 4 is 50.1 Å². The number of nitrogen functional groups attached to an aromatic ring is 2. The zero-order valence-electron chi connectivity index (χ0n) is 22.7. The predicted octanol–water partition coefficient (Wildman–Crippen LogP) is -3.29. The Bertz CT molecular complexity index is 1850. The minimum absolute atomic E-state index is 0.0717. The molecule has 23 nitrogen and oxygen atoms in total. The maximum absolute atomic E-state index is 13.2. The lowest BCUT2D eigenvalue weighted by Gasteiger charge is -2.24. The Morgan fingerprint density at radius 1 is 1.02 bits per heavy atom. The Kier molecular flexibility index (Phi) is 8.36. The fraction of sp³-hybridized carbons (Fsp3) is 0.500. The van der Waals surface area contributed by atoms with Gasteiger partial charge in [-0.3, -0.25) is 23.4 Å². The number of aliphatic hydroxyl groups is 2. The number of hydrogen-bond acceptors (Lipinski definition) is 17. The third kappa shape index (κ3) is 5.92. The van der Waals surface area contributed by atoms with Gasteiger partial charge in [-0.25, -0.2) is 29.6 Å². The van der Waals surface area contributed by atoms with Gasteiger partial charge in [0.1, 0.15) is 42.9 Å². The first-order chi connectivity index (χ1) is 21.3. The summed E-state index contributed by atoms with van der Waals surface area (Å²) in [6.45, 7) is -1.22. The predicted molar refractivity (Wildman–Crippen MR) is 149 cm³/mol. The Labute approximate surface area is 250 Å². The smallest absolute Gasteiger partial charge is 0.387 e. The van der Waals surface area contributed by atoms with E-state index in [-0.39, 0.29) is 34.1 Å². The second-order valence-corrected chi connectivity index (χ2v) is 12.3. The van der Waals surface area contributed by atoms with Crippen LogP contribution < -0.4 is 27.8 Å². The number of aliphatic hydroxyl groups excluding tert-OH is 2. The lowest BCUT2D eigenvalue weighted by Crippen LogP contribution is -2.45. The molecule has 0 amide bonds. The highest BCUT2D eigenvalue weighted by Gasteiger charge is 2.50. The molecule has 6 rings (SSSR count). The van der Waals surface area contributed by atoms with E-state index in [1.807, 2.05) is 0 Å². The first-order valence-corrected chi connectivity index (χ1v) is 15.7. The largest absolute Gasteiger partial charge is 0.694 e. The molecule has 0 radical (unpaired) electrons. The minimum Gasteiger partial charge on any atom is -0.387 e. The Morgan fingerprint density at radius 2 is 1.69 bits per heavy atom. The van der Waals surface area contributed by atoms with Crippen LogP contribution in [0.25, 0.3) is 22.3 Å². The number of rotatable bonds is 10. The molecule has 6 heterocycles. The highest BCUT2D eigenvalue weighted by molar-refractivity contribution is 7.50. The van der Waals surface area contributed by atoms with E-state index < -0.39 is 83.7 Å². The summed E-state index contributed by atoms with van der Waals surface area (Å²) >= 11 is 0. The molecule has 2 saturated heterocycles. The lowest BCUT2D eigenvalue weighted by atomic mass is 10.1. The summed E-state index contributed by atoms with van der Waals surface area (Å²) in [7, 11) is -7.93. The molecule has 25 heteroatoms. The highest BCUT2D eigenvalue weighted by Crippen LogP contribution is 2.43. The molecule has 0 bridgehead atoms. The second-order valence-electron chi connectivity index (χ2n) is 10.1. The molecule has 2 fully saturated rings. The molecular formula is C20H27N12O11P2+. The third-order valence-electron chi connectivity index (χ3n) is 7.27. The van der Waals surface area contributed by atoms with Gasteiger partial charge in [0.15, 0.2) is 35.1 Å². The van der Waals surface area contributed by atoms with Crippen LogP contribution in [-0.4, -0.2) is 109 Å². The number of anilines is 2. The quantitative estimate of drug-likeness (QED) is 0.0744. The van der Waals surface area contributed by atoms with Crippen LogP contribution in [0.1, 0.15) is 12.5 Å². The van der Waals surface area contributed by atoms with Gasteiger partial charge in [-0.2, -0.15) is 4.98 Å². The van der Waals surface area contributed by atoms with E-state index >= 15 is 0 Å². The van der Waals surface area contributed by atoms with Gasteiger partial charge in [0.05, 0.1) is 31.3 Å². The van der Waals surface area contributed by atoms with Gasteiger partial charge in [0.25, 0.3) is 5.56 Å². The normalized spacial score (nSPS) is 30.3. The number of H-pyrrole nitrogens is 1. The average Bonchev–Trinajstić information content (AvgIpc) is 3.73. The highest BCUT2D eigenvalue weighted by atomic mass is 31.2. The topological polar surface area (TPSA) is 349 Å². The maximum atomic E-state index is 13.2. The fourth-order valence-electron chi connectivity index (χ4n) is 5.14. The van der Waals surface area contributed by atoms with Crippen molar-refractivity contribution < 1.29 is 47.7 Å². The molecule has 0 saturated carbocycles. The van der Waals surface area contributed by atoms with E-state index in [0.717, 1.165) is 10.9 Å². The number of aromatic amines is 1. The fourth-order valence-corrected chi connectivity index (χ4v) is 6.53. The van der Waals surface area contributed by atoms with Crippen molar-refractivity contribution in [1.82, 2.24) is 44.1 Å². The van der Waals surface area contributed by atoms with Crippen LogP contribution in [0, 0.1) is 0 Å². The number of nitrogens with zero attached hydrogens (tertiary/aromatic N) is 7. The molecular weight excluding hydrogens is 646 g/mol. The van der Waals surface area contributed by atoms with Gasteiger partial charge in [-0.15, -0.1) is 9.42 Å². The molecule has 4 aromatic rings. The molecule has 0 spiro atoms. The van der Waals surface area contributed by atoms with Gasteiger partial charge < -0.3 is 41.8 Å². The standard InChI is InChI=1S/C20H26N12O11P2/c21-8-6(42-18(12(8)33)31-4-26-10-14(22)24-3-25-15(10)31)2-41-45(38,39)30-9-7(1-40-44(36)37)43-19(13(9)34)32-5-27-11-16(32)28-20(23)29-17(11)35/h3-9,12-13,18-19,33-34H,1-2,21H2,(H7-,22,23,24,25,28,29,30,35,36,37,38,39)/p+1/t6-,7-,8-,9-,12-,13-,18-,19-/m1/s1. The van der Waals surface area contributed by atoms with E-state index in [1.54, 1.807) is 0 Å². The van der Waals surface area contributed by atoms with Crippen molar-refractivity contribution in [3.05, 3.63) is 29.3 Å². The van der Waals surface area contributed by atoms with Crippen LogP contribution in [-0.2, 0) is 27.7 Å². The summed E-state index contributed by atoms with van der Waals surface area (Å²) in [6.07, 6.45) is -4.21. The number of aromatic nitrogens is 8. The van der Waals surface area contributed by atoms with Crippen molar-refractivity contribution in [2.75, 3.05) is 24.7 Å². The van der Waals surface area contributed by atoms with Gasteiger partial charge in [0.2, 0.25) is 5.95 Å². The Balaban J connectivity index is 1.17. The molecule has 2 unspecified atom stereocenters. The van der Waals surface area contributed by atoms with Gasteiger partial charge in [-0.1, -0.05) is 0 Å². The number of nitrogens with two attached hydrogens (primary N) is 3. The van der Waals surface area contributed by atoms with Crippen molar-refractivity contribution in [2.24, 2.45) is 5.73 Å². The van der Waals surface area contributed by atoms with Crippen LogP contribution in [0.4, 0.5) is 11.8 Å². The number of hydrogen-bond donors (Lipinski definition) is 9. The van der Waals surface area contributed by atoms with Gasteiger partial charge in [0, 0.05) is 4.57 Å². The number of fused-ring (bicyclic) bond motifs is 2. The van der Waals surface area contributed by atoms with Crippen molar-refractivity contribution in [1.29, 1.82) is 0 Å². The minimum atomic E-state index is -4.82. The Hall–Kier alpha value is -3.57. The van der Waals surface area contributed by atoms with Crippen LogP contribution >= 0.6 is 16.0 Å². The summed E-state index contributed by atoms with van der Waals surface area (Å²) in [5.41, 5.74) is 17.2. The summed E-state index contributed by atoms with van der Waals surface area (Å²) in [6, 6.07) is -2.53. The van der Waals surface area contributed by atoms with Crippen molar-refractivity contribution in [2.45, 2.75) is 49.0 Å². The molecule has 45 heavy (non-hydrogen) atoms. The zero-order valence-corrected chi connectivity index (χ0v) is 24.5. The number of imidazole rings is 2. The number of nitrogens with one attached hydrogen (secondary N) is 2. The monoisotopic (exact) mass is 673 g/mol. The van der Waals surface area contributed by atoms with Crippen molar-refractivity contribution in [3.63, 3.8) is 0 Å².